The van der Waals surface area contributed by atoms with Crippen LogP contribution in [0.25, 0.3) is 10.9 Å². The lowest BCUT2D eigenvalue weighted by molar-refractivity contribution is 0.0626. The van der Waals surface area contributed by atoms with Crippen molar-refractivity contribution in [1.82, 2.24) is 14.8 Å². The van der Waals surface area contributed by atoms with E-state index in [2.05, 4.69) is 9.88 Å². The van der Waals surface area contributed by atoms with Crippen molar-refractivity contribution in [1.29, 1.82) is 0 Å². The average molecular weight is 325 g/mol. The van der Waals surface area contributed by atoms with Crippen LogP contribution in [0.4, 0.5) is 0 Å². The Balaban J connectivity index is 1.56. The summed E-state index contributed by atoms with van der Waals surface area (Å²) in [6, 6.07) is 8.52. The van der Waals surface area contributed by atoms with E-state index in [-0.39, 0.29) is 5.91 Å². The maximum absolute atomic E-state index is 12.9. The smallest absolute Gasteiger partial charge is 0.255 e. The summed E-state index contributed by atoms with van der Waals surface area (Å²) < 4.78 is 5.25. The van der Waals surface area contributed by atoms with E-state index in [9.17, 15) is 4.79 Å². The number of ether oxygens (including phenoxy) is 1. The summed E-state index contributed by atoms with van der Waals surface area (Å²) in [5, 5.41) is 0.973. The Bertz CT molecular complexity index is 778. The Morgan fingerprint density at radius 3 is 2.58 bits per heavy atom. The van der Waals surface area contributed by atoms with Crippen LogP contribution in [-0.4, -0.2) is 60.0 Å². The maximum Gasteiger partial charge on any atom is 0.255 e. The molecule has 2 fully saturated rings. The van der Waals surface area contributed by atoms with Gasteiger partial charge in [-0.1, -0.05) is 0 Å². The monoisotopic (exact) mass is 325 g/mol. The summed E-state index contributed by atoms with van der Waals surface area (Å²) in [6.07, 6.45) is 2.65. The molecule has 1 saturated heterocycles. The summed E-state index contributed by atoms with van der Waals surface area (Å²) in [5.74, 6) is 0.887. The number of piperazine rings is 1. The largest absolute Gasteiger partial charge is 0.497 e. The van der Waals surface area contributed by atoms with Crippen LogP contribution < -0.4 is 4.74 Å². The number of nitrogens with zero attached hydrogens (tertiary/aromatic N) is 3. The van der Waals surface area contributed by atoms with Crippen molar-refractivity contribution in [2.75, 3.05) is 33.3 Å². The molecule has 0 spiro atoms. The van der Waals surface area contributed by atoms with E-state index in [1.807, 2.05) is 36.1 Å². The topological polar surface area (TPSA) is 45.7 Å². The third kappa shape index (κ3) is 2.84. The first-order valence-electron chi connectivity index (χ1n) is 8.64. The van der Waals surface area contributed by atoms with Gasteiger partial charge in [0.25, 0.3) is 5.91 Å². The minimum Gasteiger partial charge on any atom is -0.497 e. The van der Waals surface area contributed by atoms with Crippen molar-refractivity contribution in [3.8, 4) is 5.75 Å². The molecule has 24 heavy (non-hydrogen) atoms. The lowest BCUT2D eigenvalue weighted by atomic mass is 10.1. The molecule has 2 aliphatic rings. The quantitative estimate of drug-likeness (QED) is 0.870. The third-order valence-electron chi connectivity index (χ3n) is 5.11. The van der Waals surface area contributed by atoms with Crippen molar-refractivity contribution in [3.63, 3.8) is 0 Å². The predicted molar refractivity (Wildman–Crippen MR) is 93.5 cm³/mol. The molecule has 5 nitrogen and oxygen atoms in total. The summed E-state index contributed by atoms with van der Waals surface area (Å²) in [4.78, 5) is 22.0. The molecule has 1 aliphatic carbocycles. The molecule has 1 aliphatic heterocycles. The summed E-state index contributed by atoms with van der Waals surface area (Å²) in [5.41, 5.74) is 2.36. The van der Waals surface area contributed by atoms with Crippen molar-refractivity contribution in [3.05, 3.63) is 35.5 Å². The first kappa shape index (κ1) is 15.4. The average Bonchev–Trinajstić information content (AvgIpc) is 3.45. The van der Waals surface area contributed by atoms with Gasteiger partial charge in [0.05, 0.1) is 23.9 Å². The lowest BCUT2D eigenvalue weighted by Crippen LogP contribution is -2.49. The van der Waals surface area contributed by atoms with Gasteiger partial charge >= 0.3 is 0 Å². The van der Waals surface area contributed by atoms with Crippen molar-refractivity contribution in [2.24, 2.45) is 0 Å². The van der Waals surface area contributed by atoms with Crippen molar-refractivity contribution < 1.29 is 9.53 Å². The minimum atomic E-state index is 0.105. The van der Waals surface area contributed by atoms with Crippen LogP contribution in [0.15, 0.2) is 24.3 Å². The Hall–Kier alpha value is -2.14. The summed E-state index contributed by atoms with van der Waals surface area (Å²) >= 11 is 0. The van der Waals surface area contributed by atoms with Crippen molar-refractivity contribution in [2.45, 2.75) is 25.8 Å². The van der Waals surface area contributed by atoms with Gasteiger partial charge in [-0.05, 0) is 38.0 Å². The fourth-order valence-electron chi connectivity index (χ4n) is 3.49. The van der Waals surface area contributed by atoms with Gasteiger partial charge in [-0.25, -0.2) is 0 Å². The van der Waals surface area contributed by atoms with Crippen molar-refractivity contribution >= 4 is 16.8 Å². The van der Waals surface area contributed by atoms with Gasteiger partial charge in [-0.3, -0.25) is 14.7 Å². The number of hydrogen-bond donors (Lipinski definition) is 0. The number of pyridine rings is 1. The summed E-state index contributed by atoms with van der Waals surface area (Å²) in [7, 11) is 1.65. The maximum atomic E-state index is 12.9. The van der Waals surface area contributed by atoms with Gasteiger partial charge in [0.2, 0.25) is 0 Å². The van der Waals surface area contributed by atoms with Crippen LogP contribution in [0, 0.1) is 6.92 Å². The van der Waals surface area contributed by atoms with E-state index < -0.39 is 0 Å². The molecular weight excluding hydrogens is 302 g/mol. The number of fused-ring (bicyclic) bond motifs is 1. The standard InChI is InChI=1S/C19H23N3O2/c1-13-17(11-14-3-6-16(24-2)12-18(14)20-13)19(23)22-9-7-21(8-10-22)15-4-5-15/h3,6,11-12,15H,4-5,7-10H2,1-2H3. The zero-order chi connectivity index (χ0) is 16.7. The molecule has 2 heterocycles. The number of hydrogen-bond acceptors (Lipinski definition) is 4. The Morgan fingerprint density at radius 2 is 1.92 bits per heavy atom. The Morgan fingerprint density at radius 1 is 1.17 bits per heavy atom. The Kier molecular flexibility index (Phi) is 3.88. The number of rotatable bonds is 3. The van der Waals surface area contributed by atoms with Crippen LogP contribution in [0.3, 0.4) is 0 Å². The normalized spacial score (nSPS) is 18.8. The van der Waals surface area contributed by atoms with E-state index in [0.29, 0.717) is 5.56 Å². The van der Waals surface area contributed by atoms with Crippen LogP contribution in [0.5, 0.6) is 5.75 Å². The van der Waals surface area contributed by atoms with Crippen LogP contribution in [0.2, 0.25) is 0 Å². The van der Waals surface area contributed by atoms with Gasteiger partial charge in [0, 0.05) is 43.7 Å². The molecule has 1 amide bonds. The molecule has 0 N–H and O–H groups in total. The summed E-state index contributed by atoms with van der Waals surface area (Å²) in [6.45, 7) is 5.53. The number of carbonyl (C=O) groups excluding carboxylic acids is 1. The highest BCUT2D eigenvalue weighted by molar-refractivity contribution is 5.98. The molecule has 1 aromatic carbocycles. The number of aromatic nitrogens is 1. The van der Waals surface area contributed by atoms with Gasteiger partial charge in [0.15, 0.2) is 0 Å². The van der Waals surface area contributed by atoms with Gasteiger partial charge in [-0.15, -0.1) is 0 Å². The molecule has 0 atom stereocenters. The number of amides is 1. The number of carbonyl (C=O) groups is 1. The Labute approximate surface area is 142 Å². The molecule has 0 bridgehead atoms. The highest BCUT2D eigenvalue weighted by Crippen LogP contribution is 2.28. The SMILES string of the molecule is COc1ccc2cc(C(=O)N3CCN(C4CC4)CC3)c(C)nc2c1. The fraction of sp³-hybridized carbons (Fsp3) is 0.474. The van der Waals surface area contributed by atoms with Crippen LogP contribution >= 0.6 is 0 Å². The van der Waals surface area contributed by atoms with Crippen LogP contribution in [-0.2, 0) is 0 Å². The fourth-order valence-corrected chi connectivity index (χ4v) is 3.49. The number of methoxy groups -OCH3 is 1. The first-order valence-corrected chi connectivity index (χ1v) is 8.64. The second-order valence-electron chi connectivity index (χ2n) is 6.74. The zero-order valence-electron chi connectivity index (χ0n) is 14.3. The molecule has 126 valence electrons. The number of aryl methyl sites for hydroxylation is 1. The molecule has 2 aromatic rings. The van der Waals surface area contributed by atoms with E-state index in [0.717, 1.165) is 54.6 Å². The minimum absolute atomic E-state index is 0.105. The van der Waals surface area contributed by atoms with Crippen LogP contribution in [0.1, 0.15) is 28.9 Å². The van der Waals surface area contributed by atoms with Gasteiger partial charge in [0.1, 0.15) is 5.75 Å². The van der Waals surface area contributed by atoms with E-state index in [1.165, 1.54) is 12.8 Å². The van der Waals surface area contributed by atoms with Gasteiger partial charge in [-0.2, -0.15) is 0 Å². The molecule has 1 saturated carbocycles. The highest BCUT2D eigenvalue weighted by Gasteiger charge is 2.32. The zero-order valence-corrected chi connectivity index (χ0v) is 14.3. The van der Waals surface area contributed by atoms with E-state index >= 15 is 0 Å². The molecular formula is C19H23N3O2. The lowest BCUT2D eigenvalue weighted by Gasteiger charge is -2.35. The second kappa shape index (κ2) is 6.06. The molecule has 0 unspecified atom stereocenters. The highest BCUT2D eigenvalue weighted by atomic mass is 16.5. The number of benzene rings is 1. The van der Waals surface area contributed by atoms with E-state index in [4.69, 9.17) is 4.74 Å². The van der Waals surface area contributed by atoms with Gasteiger partial charge < -0.3 is 9.64 Å². The third-order valence-corrected chi connectivity index (χ3v) is 5.11. The second-order valence-corrected chi connectivity index (χ2v) is 6.74. The first-order chi connectivity index (χ1) is 11.7. The van der Waals surface area contributed by atoms with E-state index in [1.54, 1.807) is 7.11 Å². The molecule has 0 radical (unpaired) electrons. The molecule has 4 rings (SSSR count). The molecule has 5 heteroatoms. The predicted octanol–water partition coefficient (Wildman–Crippen LogP) is 2.47. The molecule has 1 aromatic heterocycles.